The first-order valence-electron chi connectivity index (χ1n) is 6.71. The van der Waals surface area contributed by atoms with Crippen LogP contribution in [0.2, 0.25) is 0 Å². The van der Waals surface area contributed by atoms with Crippen LogP contribution in [0.4, 0.5) is 5.82 Å². The summed E-state index contributed by atoms with van der Waals surface area (Å²) < 4.78 is 5.68. The molecule has 0 bridgehead atoms. The fourth-order valence-corrected chi connectivity index (χ4v) is 1.82. The van der Waals surface area contributed by atoms with Crippen molar-refractivity contribution < 1.29 is 9.53 Å². The third-order valence-electron chi connectivity index (χ3n) is 3.11. The number of carbonyl (C=O) groups is 1. The minimum Gasteiger partial charge on any atom is -0.490 e. The molecule has 1 heterocycles. The molecule has 0 radical (unpaired) electrons. The summed E-state index contributed by atoms with van der Waals surface area (Å²) in [7, 11) is 1.99. The average molecular weight is 266 g/mol. The van der Waals surface area contributed by atoms with Gasteiger partial charge in [-0.25, -0.2) is 4.98 Å². The average Bonchev–Trinajstić information content (AvgIpc) is 3.24. The molecule has 0 spiro atoms. The molecule has 100 valence electrons. The minimum atomic E-state index is -0.166. The highest BCUT2D eigenvalue weighted by molar-refractivity contribution is 6.32. The molecule has 0 aliphatic heterocycles. The Morgan fingerprint density at radius 1 is 1.25 bits per heavy atom. The standard InChI is InChI=1S/C15H15BN2O2/c16-11-3-1-10(2-4-11)15(19)18-14-9-13(7-8-17-14)20-12-5-6-12/h1-4,7-9,12H,5-6,16H2,(H,17,18,19). The van der Waals surface area contributed by atoms with Crippen LogP contribution in [0.3, 0.4) is 0 Å². The van der Waals surface area contributed by atoms with Gasteiger partial charge >= 0.3 is 0 Å². The van der Waals surface area contributed by atoms with Crippen LogP contribution in [0.25, 0.3) is 0 Å². The van der Waals surface area contributed by atoms with Gasteiger partial charge in [-0.05, 0) is 18.9 Å². The van der Waals surface area contributed by atoms with Gasteiger partial charge in [0.25, 0.3) is 5.91 Å². The molecule has 1 amide bonds. The van der Waals surface area contributed by atoms with E-state index in [9.17, 15) is 4.79 Å². The summed E-state index contributed by atoms with van der Waals surface area (Å²) in [6.07, 6.45) is 4.18. The number of hydrogen-bond acceptors (Lipinski definition) is 3. The fourth-order valence-electron chi connectivity index (χ4n) is 1.82. The summed E-state index contributed by atoms with van der Waals surface area (Å²) >= 11 is 0. The number of amides is 1. The van der Waals surface area contributed by atoms with Gasteiger partial charge in [0.1, 0.15) is 19.4 Å². The van der Waals surface area contributed by atoms with Gasteiger partial charge in [-0.1, -0.05) is 29.7 Å². The number of carbonyl (C=O) groups excluding carboxylic acids is 1. The van der Waals surface area contributed by atoms with Gasteiger partial charge in [0.2, 0.25) is 0 Å². The quantitative estimate of drug-likeness (QED) is 0.844. The predicted octanol–water partition coefficient (Wildman–Crippen LogP) is 1.13. The van der Waals surface area contributed by atoms with Gasteiger partial charge in [0.05, 0.1) is 6.10 Å². The molecule has 1 aliphatic rings. The molecule has 20 heavy (non-hydrogen) atoms. The Morgan fingerprint density at radius 3 is 2.70 bits per heavy atom. The van der Waals surface area contributed by atoms with Gasteiger partial charge in [-0.15, -0.1) is 0 Å². The van der Waals surface area contributed by atoms with Crippen molar-refractivity contribution in [3.05, 3.63) is 48.2 Å². The van der Waals surface area contributed by atoms with Gasteiger partial charge in [-0.2, -0.15) is 0 Å². The summed E-state index contributed by atoms with van der Waals surface area (Å²) in [5, 5.41) is 2.78. The fraction of sp³-hybridized carbons (Fsp3) is 0.200. The second kappa shape index (κ2) is 5.37. The normalized spacial score (nSPS) is 13.8. The zero-order chi connectivity index (χ0) is 13.9. The van der Waals surface area contributed by atoms with E-state index in [4.69, 9.17) is 4.74 Å². The van der Waals surface area contributed by atoms with E-state index in [0.29, 0.717) is 17.5 Å². The molecule has 4 nitrogen and oxygen atoms in total. The molecule has 1 fully saturated rings. The number of aromatic nitrogens is 1. The molecule has 1 aromatic carbocycles. The molecule has 1 saturated carbocycles. The first kappa shape index (κ1) is 12.7. The SMILES string of the molecule is Bc1ccc(C(=O)Nc2cc(OC3CC3)ccn2)cc1. The number of anilines is 1. The number of nitrogens with zero attached hydrogens (tertiary/aromatic N) is 1. The lowest BCUT2D eigenvalue weighted by atomic mass is 9.95. The van der Waals surface area contributed by atoms with E-state index in [1.165, 1.54) is 0 Å². The lowest BCUT2D eigenvalue weighted by molar-refractivity contribution is 0.102. The summed E-state index contributed by atoms with van der Waals surface area (Å²) in [6.45, 7) is 0. The number of hydrogen-bond donors (Lipinski definition) is 1. The van der Waals surface area contributed by atoms with Crippen molar-refractivity contribution in [3.63, 3.8) is 0 Å². The third kappa shape index (κ3) is 3.17. The van der Waals surface area contributed by atoms with E-state index in [2.05, 4.69) is 10.3 Å². The molecule has 3 rings (SSSR count). The Labute approximate surface area is 118 Å². The van der Waals surface area contributed by atoms with Gasteiger partial charge in [-0.3, -0.25) is 4.79 Å². The van der Waals surface area contributed by atoms with Crippen molar-refractivity contribution >= 4 is 25.0 Å². The zero-order valence-electron chi connectivity index (χ0n) is 11.3. The van der Waals surface area contributed by atoms with Crippen molar-refractivity contribution in [3.8, 4) is 5.75 Å². The smallest absolute Gasteiger partial charge is 0.256 e. The molecular weight excluding hydrogens is 251 g/mol. The van der Waals surface area contributed by atoms with Crippen LogP contribution in [-0.2, 0) is 0 Å². The van der Waals surface area contributed by atoms with E-state index >= 15 is 0 Å². The maximum atomic E-state index is 12.1. The van der Waals surface area contributed by atoms with Crippen LogP contribution < -0.4 is 15.5 Å². The van der Waals surface area contributed by atoms with Crippen molar-refractivity contribution in [2.45, 2.75) is 18.9 Å². The number of rotatable bonds is 4. The van der Waals surface area contributed by atoms with Crippen molar-refractivity contribution in [1.29, 1.82) is 0 Å². The molecule has 1 aromatic heterocycles. The Morgan fingerprint density at radius 2 is 2.00 bits per heavy atom. The monoisotopic (exact) mass is 266 g/mol. The lowest BCUT2D eigenvalue weighted by Gasteiger charge is -2.08. The number of pyridine rings is 1. The summed E-state index contributed by atoms with van der Waals surface area (Å²) in [5.74, 6) is 1.09. The van der Waals surface area contributed by atoms with Crippen LogP contribution in [-0.4, -0.2) is 24.8 Å². The van der Waals surface area contributed by atoms with Gasteiger partial charge in [0.15, 0.2) is 0 Å². The largest absolute Gasteiger partial charge is 0.490 e. The van der Waals surface area contributed by atoms with Crippen molar-refractivity contribution in [2.24, 2.45) is 0 Å². The Kier molecular flexibility index (Phi) is 3.42. The molecule has 5 heteroatoms. The Bertz CT molecular complexity index is 624. The summed E-state index contributed by atoms with van der Waals surface area (Å²) in [6, 6.07) is 11.0. The molecular formula is C15H15BN2O2. The van der Waals surface area contributed by atoms with E-state index in [0.717, 1.165) is 24.1 Å². The van der Waals surface area contributed by atoms with Gasteiger partial charge < -0.3 is 10.1 Å². The molecule has 0 saturated heterocycles. The second-order valence-corrected chi connectivity index (χ2v) is 5.01. The maximum absolute atomic E-state index is 12.1. The zero-order valence-corrected chi connectivity index (χ0v) is 11.3. The van der Waals surface area contributed by atoms with E-state index in [-0.39, 0.29) is 5.91 Å². The van der Waals surface area contributed by atoms with E-state index in [1.54, 1.807) is 30.5 Å². The van der Waals surface area contributed by atoms with Crippen LogP contribution >= 0.6 is 0 Å². The van der Waals surface area contributed by atoms with Gasteiger partial charge in [0, 0.05) is 17.8 Å². The number of benzene rings is 1. The molecule has 0 atom stereocenters. The highest BCUT2D eigenvalue weighted by Crippen LogP contribution is 2.27. The second-order valence-electron chi connectivity index (χ2n) is 5.01. The highest BCUT2D eigenvalue weighted by atomic mass is 16.5. The molecule has 1 N–H and O–H groups in total. The van der Waals surface area contributed by atoms with Crippen LogP contribution in [0.5, 0.6) is 5.75 Å². The number of nitrogens with one attached hydrogen (secondary N) is 1. The Balaban J connectivity index is 1.69. The lowest BCUT2D eigenvalue weighted by Crippen LogP contribution is -2.14. The van der Waals surface area contributed by atoms with Crippen LogP contribution in [0.1, 0.15) is 23.2 Å². The minimum absolute atomic E-state index is 0.166. The molecule has 2 aromatic rings. The first-order valence-corrected chi connectivity index (χ1v) is 6.71. The molecule has 1 aliphatic carbocycles. The van der Waals surface area contributed by atoms with Crippen LogP contribution in [0.15, 0.2) is 42.6 Å². The number of ether oxygens (including phenoxy) is 1. The third-order valence-corrected chi connectivity index (χ3v) is 3.11. The van der Waals surface area contributed by atoms with Crippen molar-refractivity contribution in [2.75, 3.05) is 5.32 Å². The van der Waals surface area contributed by atoms with E-state index in [1.807, 2.05) is 20.0 Å². The van der Waals surface area contributed by atoms with Crippen LogP contribution in [0, 0.1) is 0 Å². The van der Waals surface area contributed by atoms with Crippen molar-refractivity contribution in [1.82, 2.24) is 4.98 Å². The highest BCUT2D eigenvalue weighted by Gasteiger charge is 2.23. The summed E-state index contributed by atoms with van der Waals surface area (Å²) in [5.41, 5.74) is 1.74. The Hall–Kier alpha value is -2.30. The predicted molar refractivity (Wildman–Crippen MR) is 80.5 cm³/mol. The topological polar surface area (TPSA) is 51.2 Å². The summed E-state index contributed by atoms with van der Waals surface area (Å²) in [4.78, 5) is 16.2. The maximum Gasteiger partial charge on any atom is 0.256 e. The van der Waals surface area contributed by atoms with E-state index < -0.39 is 0 Å². The molecule has 0 unspecified atom stereocenters. The first-order chi connectivity index (χ1) is 9.70.